The molecule has 6 nitrogen and oxygen atoms in total. The Balaban J connectivity index is 1.72. The van der Waals surface area contributed by atoms with Crippen molar-refractivity contribution in [2.75, 3.05) is 23.4 Å². The molecule has 0 unspecified atom stereocenters. The van der Waals surface area contributed by atoms with Crippen LogP contribution in [0, 0.1) is 0 Å². The molecule has 0 atom stereocenters. The van der Waals surface area contributed by atoms with E-state index in [-0.39, 0.29) is 11.3 Å². The number of nitrogens with one attached hydrogen (secondary N) is 1. The van der Waals surface area contributed by atoms with E-state index in [1.165, 1.54) is 11.1 Å². The summed E-state index contributed by atoms with van der Waals surface area (Å²) in [4.78, 5) is 11.8. The number of hydrazine groups is 1. The Morgan fingerprint density at radius 1 is 1.27 bits per heavy atom. The van der Waals surface area contributed by atoms with Crippen molar-refractivity contribution in [3.8, 4) is 0 Å². The van der Waals surface area contributed by atoms with Gasteiger partial charge >= 0.3 is 12.2 Å². The van der Waals surface area contributed by atoms with Crippen molar-refractivity contribution in [3.05, 3.63) is 28.8 Å². The average molecular weight is 388 g/mol. The highest BCUT2D eigenvalue weighted by Crippen LogP contribution is 2.39. The summed E-state index contributed by atoms with van der Waals surface area (Å²) in [6.07, 6.45) is -3.73. The number of carbonyl (C=O) groups is 1. The fourth-order valence-corrected chi connectivity index (χ4v) is 3.44. The van der Waals surface area contributed by atoms with Gasteiger partial charge in [-0.15, -0.1) is 11.3 Å². The lowest BCUT2D eigenvalue weighted by molar-refractivity contribution is -0.134. The lowest BCUT2D eigenvalue weighted by Gasteiger charge is -2.27. The van der Waals surface area contributed by atoms with Gasteiger partial charge in [-0.1, -0.05) is 25.9 Å². The molecule has 0 bridgehead atoms. The summed E-state index contributed by atoms with van der Waals surface area (Å²) in [6, 6.07) is 3.58. The summed E-state index contributed by atoms with van der Waals surface area (Å²) < 4.78 is 43.6. The molecule has 1 N–H and O–H groups in total. The number of hydrogen-bond donors (Lipinski definition) is 1. The minimum atomic E-state index is -4.39. The summed E-state index contributed by atoms with van der Waals surface area (Å²) in [5.74, 6) is 0.203. The van der Waals surface area contributed by atoms with Crippen LogP contribution in [-0.2, 0) is 11.6 Å². The summed E-state index contributed by atoms with van der Waals surface area (Å²) in [6.45, 7) is 6.77. The fourth-order valence-electron chi connectivity index (χ4n) is 2.53. The molecule has 0 aromatic carbocycles. The fraction of sp³-hybridized carbons (Fsp3) is 0.500. The third-order valence-corrected chi connectivity index (χ3v) is 5.04. The van der Waals surface area contributed by atoms with Crippen LogP contribution in [0.15, 0.2) is 22.7 Å². The second-order valence-electron chi connectivity index (χ2n) is 6.99. The smallest absolute Gasteiger partial charge is 0.338 e. The number of aromatic nitrogens is 1. The molecule has 26 heavy (non-hydrogen) atoms. The van der Waals surface area contributed by atoms with Gasteiger partial charge in [-0.05, 0) is 18.6 Å². The topological polar surface area (TPSA) is 61.6 Å². The summed E-state index contributed by atoms with van der Waals surface area (Å²) >= 11 is 0.615. The van der Waals surface area contributed by atoms with Gasteiger partial charge < -0.3 is 4.52 Å². The van der Waals surface area contributed by atoms with Crippen LogP contribution in [0.25, 0.3) is 0 Å². The molecule has 0 aliphatic carbocycles. The van der Waals surface area contributed by atoms with Gasteiger partial charge in [-0.2, -0.15) is 13.2 Å². The van der Waals surface area contributed by atoms with Gasteiger partial charge in [0.1, 0.15) is 9.88 Å². The first-order valence-electron chi connectivity index (χ1n) is 8.06. The predicted octanol–water partition coefficient (Wildman–Crippen LogP) is 4.71. The Morgan fingerprint density at radius 2 is 2.00 bits per heavy atom. The van der Waals surface area contributed by atoms with E-state index >= 15 is 0 Å². The van der Waals surface area contributed by atoms with Crippen molar-refractivity contribution in [2.45, 2.75) is 38.8 Å². The van der Waals surface area contributed by atoms with Gasteiger partial charge in [-0.3, -0.25) is 10.3 Å². The summed E-state index contributed by atoms with van der Waals surface area (Å²) in [7, 11) is 0. The Labute approximate surface area is 152 Å². The van der Waals surface area contributed by atoms with Gasteiger partial charge in [0.25, 0.3) is 0 Å². The first-order valence-corrected chi connectivity index (χ1v) is 8.87. The summed E-state index contributed by atoms with van der Waals surface area (Å²) in [5.41, 5.74) is 0.469. The zero-order valence-corrected chi connectivity index (χ0v) is 15.4. The number of hydrogen-bond acceptors (Lipinski definition) is 5. The molecule has 2 aromatic heterocycles. The maximum atomic E-state index is 12.8. The number of alkyl halides is 3. The minimum Gasteiger partial charge on any atom is -0.338 e. The molecule has 142 valence electrons. The number of nitrogens with zero attached hydrogens (tertiary/aromatic N) is 3. The van der Waals surface area contributed by atoms with Crippen molar-refractivity contribution in [1.82, 2.24) is 10.2 Å². The highest BCUT2D eigenvalue weighted by Gasteiger charge is 2.35. The van der Waals surface area contributed by atoms with Crippen LogP contribution in [-0.4, -0.2) is 29.3 Å². The van der Waals surface area contributed by atoms with Crippen molar-refractivity contribution in [1.29, 1.82) is 0 Å². The van der Waals surface area contributed by atoms with Crippen LogP contribution in [0.2, 0.25) is 0 Å². The molecule has 0 spiro atoms. The molecular weight excluding hydrogens is 369 g/mol. The van der Waals surface area contributed by atoms with Gasteiger partial charge in [0.2, 0.25) is 5.88 Å². The second kappa shape index (κ2) is 6.49. The minimum absolute atomic E-state index is 0.203. The predicted molar refractivity (Wildman–Crippen MR) is 92.2 cm³/mol. The Kier molecular flexibility index (Phi) is 4.63. The lowest BCUT2D eigenvalue weighted by atomic mass is 9.92. The normalized spacial score (nSPS) is 15.6. The molecule has 10 heteroatoms. The van der Waals surface area contributed by atoms with Gasteiger partial charge in [0.05, 0.1) is 5.69 Å². The zero-order chi connectivity index (χ0) is 19.1. The zero-order valence-electron chi connectivity index (χ0n) is 14.6. The number of urea groups is 1. The Hall–Kier alpha value is -2.23. The van der Waals surface area contributed by atoms with Crippen LogP contribution in [0.3, 0.4) is 0 Å². The van der Waals surface area contributed by atoms with Gasteiger partial charge in [0, 0.05) is 24.6 Å². The van der Waals surface area contributed by atoms with E-state index in [0.717, 1.165) is 6.07 Å². The molecule has 1 aliphatic rings. The van der Waals surface area contributed by atoms with Crippen LogP contribution in [0.4, 0.5) is 28.9 Å². The first kappa shape index (κ1) is 18.6. The highest BCUT2D eigenvalue weighted by molar-refractivity contribution is 7.16. The van der Waals surface area contributed by atoms with E-state index in [0.29, 0.717) is 41.5 Å². The third kappa shape index (κ3) is 3.79. The molecule has 1 saturated heterocycles. The van der Waals surface area contributed by atoms with Crippen molar-refractivity contribution in [3.63, 3.8) is 0 Å². The second-order valence-corrected chi connectivity index (χ2v) is 8.05. The first-order chi connectivity index (χ1) is 12.1. The largest absolute Gasteiger partial charge is 0.425 e. The van der Waals surface area contributed by atoms with E-state index < -0.39 is 17.1 Å². The van der Waals surface area contributed by atoms with Crippen LogP contribution < -0.4 is 10.3 Å². The molecule has 3 rings (SSSR count). The standard InChI is InChI=1S/C16H19F3N4O2S/c1-15(2,3)10-9-12(25-21-10)20-14(24)23-8-4-7-22(23)13-6-5-11(26-13)16(17,18)19/h5-6,9H,4,7-8H2,1-3H3,(H,20,24). The van der Waals surface area contributed by atoms with Gasteiger partial charge in [-0.25, -0.2) is 9.80 Å². The SMILES string of the molecule is CC(C)(C)c1cc(NC(=O)N2CCCN2c2ccc(C(F)(F)F)s2)on1. The van der Waals surface area contributed by atoms with Crippen molar-refractivity contribution in [2.24, 2.45) is 0 Å². The highest BCUT2D eigenvalue weighted by atomic mass is 32.1. The van der Waals surface area contributed by atoms with E-state index in [2.05, 4.69) is 10.5 Å². The molecular formula is C16H19F3N4O2S. The molecule has 0 saturated carbocycles. The van der Waals surface area contributed by atoms with Crippen LogP contribution in [0.1, 0.15) is 37.8 Å². The van der Waals surface area contributed by atoms with Gasteiger partial charge in [0.15, 0.2) is 0 Å². The number of amides is 2. The quantitative estimate of drug-likeness (QED) is 0.809. The van der Waals surface area contributed by atoms with Crippen molar-refractivity contribution >= 4 is 28.3 Å². The number of halogens is 3. The number of rotatable bonds is 2. The Morgan fingerprint density at radius 3 is 2.58 bits per heavy atom. The maximum Gasteiger partial charge on any atom is 0.425 e. The molecule has 2 amide bonds. The number of thiophene rings is 1. The Bertz CT molecular complexity index is 794. The average Bonchev–Trinajstić information content (AvgIpc) is 3.25. The lowest BCUT2D eigenvalue weighted by Crippen LogP contribution is -2.43. The molecule has 2 aromatic rings. The maximum absolute atomic E-state index is 12.8. The molecule has 1 fully saturated rings. The van der Waals surface area contributed by atoms with Crippen molar-refractivity contribution < 1.29 is 22.5 Å². The molecule has 3 heterocycles. The van der Waals surface area contributed by atoms with E-state index in [1.54, 1.807) is 11.1 Å². The number of anilines is 2. The van der Waals surface area contributed by atoms with E-state index in [4.69, 9.17) is 4.52 Å². The summed E-state index contributed by atoms with van der Waals surface area (Å²) in [5, 5.41) is 9.85. The molecule has 1 aliphatic heterocycles. The molecule has 0 radical (unpaired) electrons. The van der Waals surface area contributed by atoms with E-state index in [1.807, 2.05) is 20.8 Å². The number of carbonyl (C=O) groups excluding carboxylic acids is 1. The van der Waals surface area contributed by atoms with E-state index in [9.17, 15) is 18.0 Å². The monoisotopic (exact) mass is 388 g/mol. The third-order valence-electron chi connectivity index (χ3n) is 3.90. The van der Waals surface area contributed by atoms with Crippen LogP contribution in [0.5, 0.6) is 0 Å². The van der Waals surface area contributed by atoms with Crippen LogP contribution >= 0.6 is 11.3 Å².